The van der Waals surface area contributed by atoms with E-state index >= 15 is 0 Å². The summed E-state index contributed by atoms with van der Waals surface area (Å²) < 4.78 is 4.85. The van der Waals surface area contributed by atoms with Crippen LogP contribution in [-0.4, -0.2) is 25.2 Å². The molecule has 21 heavy (non-hydrogen) atoms. The zero-order valence-corrected chi connectivity index (χ0v) is 13.0. The second kappa shape index (κ2) is 8.83. The van der Waals surface area contributed by atoms with Gasteiger partial charge in [0.2, 0.25) is 0 Å². The summed E-state index contributed by atoms with van der Waals surface area (Å²) >= 11 is 0. The van der Waals surface area contributed by atoms with Gasteiger partial charge in [0.05, 0.1) is 13.5 Å². The second-order valence-electron chi connectivity index (χ2n) is 6.02. The third-order valence-electron chi connectivity index (χ3n) is 4.29. The molecule has 0 aromatic heterocycles. The Morgan fingerprint density at radius 3 is 2.48 bits per heavy atom. The van der Waals surface area contributed by atoms with Crippen LogP contribution in [0.5, 0.6) is 0 Å². The first-order chi connectivity index (χ1) is 10.3. The number of esters is 1. The quantitative estimate of drug-likeness (QED) is 0.643. The molecule has 1 atom stereocenters. The number of carbonyl (C=O) groups is 1. The van der Waals surface area contributed by atoms with E-state index in [2.05, 4.69) is 29.6 Å². The Bertz CT molecular complexity index is 410. The topological polar surface area (TPSA) is 38.3 Å². The second-order valence-corrected chi connectivity index (χ2v) is 6.02. The van der Waals surface area contributed by atoms with Crippen molar-refractivity contribution in [1.82, 2.24) is 5.32 Å². The van der Waals surface area contributed by atoms with Crippen molar-refractivity contribution in [3.8, 4) is 0 Å². The van der Waals surface area contributed by atoms with E-state index in [1.807, 2.05) is 6.07 Å². The van der Waals surface area contributed by atoms with Gasteiger partial charge in [-0.05, 0) is 24.8 Å². The van der Waals surface area contributed by atoms with E-state index in [1.165, 1.54) is 51.2 Å². The van der Waals surface area contributed by atoms with Crippen LogP contribution in [0.3, 0.4) is 0 Å². The molecule has 1 aromatic carbocycles. The van der Waals surface area contributed by atoms with E-state index in [1.54, 1.807) is 0 Å². The summed E-state index contributed by atoms with van der Waals surface area (Å²) in [5.41, 5.74) is 1.27. The lowest BCUT2D eigenvalue weighted by Gasteiger charge is -2.24. The van der Waals surface area contributed by atoms with Gasteiger partial charge in [-0.15, -0.1) is 0 Å². The number of nitrogens with one attached hydrogen (secondary N) is 1. The van der Waals surface area contributed by atoms with Gasteiger partial charge in [0.1, 0.15) is 0 Å². The lowest BCUT2D eigenvalue weighted by molar-refractivity contribution is -0.141. The molecule has 1 aromatic rings. The Balaban J connectivity index is 1.95. The molecular formula is C18H27NO2. The van der Waals surface area contributed by atoms with Crippen LogP contribution in [0.1, 0.15) is 50.5 Å². The smallest absolute Gasteiger partial charge is 0.307 e. The highest BCUT2D eigenvalue weighted by molar-refractivity contribution is 5.70. The van der Waals surface area contributed by atoms with E-state index in [-0.39, 0.29) is 12.0 Å². The fraction of sp³-hybridized carbons (Fsp3) is 0.611. The van der Waals surface area contributed by atoms with Crippen molar-refractivity contribution >= 4 is 5.97 Å². The van der Waals surface area contributed by atoms with Gasteiger partial charge < -0.3 is 10.1 Å². The van der Waals surface area contributed by atoms with Gasteiger partial charge in [-0.25, -0.2) is 0 Å². The summed E-state index contributed by atoms with van der Waals surface area (Å²) in [6, 6.07) is 11.1. The lowest BCUT2D eigenvalue weighted by Crippen LogP contribution is -2.41. The summed E-state index contributed by atoms with van der Waals surface area (Å²) in [6.45, 7) is 0. The number of ether oxygens (including phenoxy) is 1. The molecule has 0 spiro atoms. The Morgan fingerprint density at radius 2 is 1.86 bits per heavy atom. The molecule has 1 fully saturated rings. The van der Waals surface area contributed by atoms with Crippen LogP contribution in [0.4, 0.5) is 0 Å². The summed E-state index contributed by atoms with van der Waals surface area (Å²) in [6.07, 6.45) is 9.08. The maximum absolute atomic E-state index is 11.7. The van der Waals surface area contributed by atoms with Crippen LogP contribution in [0.2, 0.25) is 0 Å². The zero-order chi connectivity index (χ0) is 14.9. The van der Waals surface area contributed by atoms with Gasteiger partial charge >= 0.3 is 5.97 Å². The zero-order valence-electron chi connectivity index (χ0n) is 13.0. The number of carbonyl (C=O) groups excluding carboxylic acids is 1. The molecule has 2 rings (SSSR count). The Hall–Kier alpha value is -1.35. The van der Waals surface area contributed by atoms with Gasteiger partial charge in [-0.3, -0.25) is 4.79 Å². The number of hydrogen-bond acceptors (Lipinski definition) is 3. The minimum atomic E-state index is -0.128. The first kappa shape index (κ1) is 16.0. The highest BCUT2D eigenvalue weighted by Crippen LogP contribution is 2.19. The monoisotopic (exact) mass is 289 g/mol. The number of methoxy groups -OCH3 is 1. The first-order valence-electron chi connectivity index (χ1n) is 8.14. The molecule has 1 aliphatic rings. The Morgan fingerprint density at radius 1 is 1.19 bits per heavy atom. The molecule has 0 saturated heterocycles. The third kappa shape index (κ3) is 5.88. The van der Waals surface area contributed by atoms with E-state index in [4.69, 9.17) is 4.74 Å². The van der Waals surface area contributed by atoms with Gasteiger partial charge in [-0.2, -0.15) is 0 Å². The fourth-order valence-corrected chi connectivity index (χ4v) is 3.15. The van der Waals surface area contributed by atoms with Crippen LogP contribution in [0.15, 0.2) is 30.3 Å². The fourth-order valence-electron chi connectivity index (χ4n) is 3.15. The molecule has 1 N–H and O–H groups in total. The van der Waals surface area contributed by atoms with Crippen molar-refractivity contribution in [2.24, 2.45) is 0 Å². The van der Waals surface area contributed by atoms with Crippen LogP contribution < -0.4 is 5.32 Å². The molecule has 1 saturated carbocycles. The number of benzene rings is 1. The minimum Gasteiger partial charge on any atom is -0.469 e. The molecule has 3 heteroatoms. The summed E-state index contributed by atoms with van der Waals surface area (Å²) in [7, 11) is 1.47. The van der Waals surface area contributed by atoms with Crippen molar-refractivity contribution in [3.05, 3.63) is 35.9 Å². The van der Waals surface area contributed by atoms with Gasteiger partial charge in [0.25, 0.3) is 0 Å². The summed E-state index contributed by atoms with van der Waals surface area (Å²) in [4.78, 5) is 11.7. The van der Waals surface area contributed by atoms with Crippen molar-refractivity contribution in [2.75, 3.05) is 7.11 Å². The van der Waals surface area contributed by atoms with E-state index < -0.39 is 0 Å². The normalized spacial score (nSPS) is 18.0. The molecule has 0 bridgehead atoms. The van der Waals surface area contributed by atoms with Crippen molar-refractivity contribution in [1.29, 1.82) is 0 Å². The van der Waals surface area contributed by atoms with Gasteiger partial charge in [0.15, 0.2) is 0 Å². The van der Waals surface area contributed by atoms with E-state index in [0.29, 0.717) is 12.5 Å². The number of rotatable bonds is 6. The van der Waals surface area contributed by atoms with Crippen LogP contribution >= 0.6 is 0 Å². The maximum atomic E-state index is 11.7. The maximum Gasteiger partial charge on any atom is 0.307 e. The van der Waals surface area contributed by atoms with Crippen LogP contribution in [0.25, 0.3) is 0 Å². The van der Waals surface area contributed by atoms with E-state index in [0.717, 1.165) is 6.42 Å². The predicted molar refractivity (Wildman–Crippen MR) is 85.2 cm³/mol. The predicted octanol–water partition coefficient (Wildman–Crippen LogP) is 3.47. The molecule has 1 aliphatic carbocycles. The first-order valence-corrected chi connectivity index (χ1v) is 8.14. The van der Waals surface area contributed by atoms with Crippen molar-refractivity contribution < 1.29 is 9.53 Å². The number of hydrogen-bond donors (Lipinski definition) is 1. The summed E-state index contributed by atoms with van der Waals surface area (Å²) in [5.74, 6) is -0.128. The molecule has 116 valence electrons. The molecule has 0 aliphatic heterocycles. The third-order valence-corrected chi connectivity index (χ3v) is 4.29. The van der Waals surface area contributed by atoms with E-state index in [9.17, 15) is 4.79 Å². The average Bonchev–Trinajstić information content (AvgIpc) is 2.76. The van der Waals surface area contributed by atoms with Crippen molar-refractivity contribution in [3.63, 3.8) is 0 Å². The van der Waals surface area contributed by atoms with Gasteiger partial charge in [0, 0.05) is 12.1 Å². The molecule has 3 nitrogen and oxygen atoms in total. The summed E-state index contributed by atoms with van der Waals surface area (Å²) in [5, 5.41) is 3.71. The van der Waals surface area contributed by atoms with Gasteiger partial charge in [-0.1, -0.05) is 56.0 Å². The van der Waals surface area contributed by atoms with Crippen LogP contribution in [-0.2, 0) is 16.0 Å². The standard InChI is InChI=1S/C18H27NO2/c1-21-18(20)14-17(13-15-9-5-4-6-10-15)19-16-11-7-2-3-8-12-16/h4-6,9-10,16-17,19H,2-3,7-8,11-14H2,1H3. The highest BCUT2D eigenvalue weighted by Gasteiger charge is 2.20. The van der Waals surface area contributed by atoms with Crippen LogP contribution in [0, 0.1) is 0 Å². The largest absolute Gasteiger partial charge is 0.469 e. The van der Waals surface area contributed by atoms with Crippen molar-refractivity contribution in [2.45, 2.75) is 63.5 Å². The average molecular weight is 289 g/mol. The molecule has 0 amide bonds. The Kier molecular flexibility index (Phi) is 6.74. The Labute approximate surface area is 128 Å². The lowest BCUT2D eigenvalue weighted by atomic mass is 10.0. The SMILES string of the molecule is COC(=O)CC(Cc1ccccc1)NC1CCCCCC1. The molecule has 0 radical (unpaired) electrons. The molecule has 0 heterocycles. The molecular weight excluding hydrogens is 262 g/mol. The molecule has 1 unspecified atom stereocenters. The minimum absolute atomic E-state index is 0.128. The highest BCUT2D eigenvalue weighted by atomic mass is 16.5.